The summed E-state index contributed by atoms with van der Waals surface area (Å²) in [6.07, 6.45) is 1.01. The van der Waals surface area contributed by atoms with Crippen LogP contribution in [0.1, 0.15) is 12.8 Å². The molecule has 2 amide bonds. The summed E-state index contributed by atoms with van der Waals surface area (Å²) in [5, 5.41) is 2.67. The van der Waals surface area contributed by atoms with Crippen molar-refractivity contribution in [2.75, 3.05) is 36.4 Å². The molecule has 1 N–H and O–H groups in total. The van der Waals surface area contributed by atoms with Gasteiger partial charge < -0.3 is 15.1 Å². The number of carbonyl (C=O) groups is 2. The molecule has 0 bridgehead atoms. The zero-order chi connectivity index (χ0) is 19.7. The van der Waals surface area contributed by atoms with E-state index in [1.165, 1.54) is 30.3 Å². The second-order valence-corrected chi connectivity index (χ2v) is 7.30. The van der Waals surface area contributed by atoms with E-state index in [9.17, 15) is 18.4 Å². The first-order chi connectivity index (χ1) is 13.5. The third-order valence-corrected chi connectivity index (χ3v) is 5.44. The Morgan fingerprint density at radius 1 is 0.893 bits per heavy atom. The van der Waals surface area contributed by atoms with Gasteiger partial charge >= 0.3 is 0 Å². The van der Waals surface area contributed by atoms with Crippen molar-refractivity contribution < 1.29 is 18.4 Å². The van der Waals surface area contributed by atoms with Crippen LogP contribution in [0.3, 0.4) is 0 Å². The van der Waals surface area contributed by atoms with E-state index in [0.29, 0.717) is 44.7 Å². The van der Waals surface area contributed by atoms with E-state index >= 15 is 0 Å². The minimum absolute atomic E-state index is 0.167. The van der Waals surface area contributed by atoms with E-state index in [0.717, 1.165) is 5.69 Å². The van der Waals surface area contributed by atoms with Gasteiger partial charge in [0.15, 0.2) is 0 Å². The standard InChI is InChI=1S/C21H21F2N3O2/c22-15-4-6-18(7-5-15)25-10-12-26(13-11-25)20(28)21(8-9-21)19(27)24-17-3-1-2-16(23)14-17/h1-7,14H,8-13H2,(H,24,27). The van der Waals surface area contributed by atoms with Gasteiger partial charge in [0, 0.05) is 37.6 Å². The van der Waals surface area contributed by atoms with Crippen molar-refractivity contribution in [3.05, 3.63) is 60.2 Å². The summed E-state index contributed by atoms with van der Waals surface area (Å²) < 4.78 is 26.4. The predicted molar refractivity (Wildman–Crippen MR) is 102 cm³/mol. The summed E-state index contributed by atoms with van der Waals surface area (Å²) in [7, 11) is 0. The lowest BCUT2D eigenvalue weighted by molar-refractivity contribution is -0.142. The fourth-order valence-corrected chi connectivity index (χ4v) is 3.60. The molecule has 5 nitrogen and oxygen atoms in total. The van der Waals surface area contributed by atoms with Gasteiger partial charge in [-0.15, -0.1) is 0 Å². The number of carbonyl (C=O) groups excluding carboxylic acids is 2. The van der Waals surface area contributed by atoms with Gasteiger partial charge in [0.25, 0.3) is 0 Å². The normalized spacial score (nSPS) is 17.9. The van der Waals surface area contributed by atoms with Crippen molar-refractivity contribution in [1.82, 2.24) is 4.90 Å². The maximum absolute atomic E-state index is 13.3. The van der Waals surface area contributed by atoms with Crippen LogP contribution < -0.4 is 10.2 Å². The fourth-order valence-electron chi connectivity index (χ4n) is 3.60. The number of amides is 2. The highest BCUT2D eigenvalue weighted by atomic mass is 19.1. The number of piperazine rings is 1. The molecule has 2 aliphatic rings. The number of rotatable bonds is 4. The average Bonchev–Trinajstić information content (AvgIpc) is 3.50. The van der Waals surface area contributed by atoms with Crippen LogP contribution in [-0.2, 0) is 9.59 Å². The quantitative estimate of drug-likeness (QED) is 0.824. The number of nitrogens with zero attached hydrogens (tertiary/aromatic N) is 2. The monoisotopic (exact) mass is 385 g/mol. The van der Waals surface area contributed by atoms with Crippen molar-refractivity contribution in [2.24, 2.45) is 5.41 Å². The van der Waals surface area contributed by atoms with Crippen LogP contribution in [0.15, 0.2) is 48.5 Å². The highest BCUT2D eigenvalue weighted by molar-refractivity contribution is 6.13. The largest absolute Gasteiger partial charge is 0.368 e. The molecule has 1 saturated carbocycles. The molecule has 0 aromatic heterocycles. The summed E-state index contributed by atoms with van der Waals surface area (Å²) in [6, 6.07) is 11.9. The maximum atomic E-state index is 13.3. The summed E-state index contributed by atoms with van der Waals surface area (Å²) in [4.78, 5) is 29.5. The van der Waals surface area contributed by atoms with Gasteiger partial charge in [-0.25, -0.2) is 8.78 Å². The highest BCUT2D eigenvalue weighted by Gasteiger charge is 2.58. The van der Waals surface area contributed by atoms with Gasteiger partial charge in [-0.1, -0.05) is 6.07 Å². The molecule has 4 rings (SSSR count). The molecule has 2 fully saturated rings. The van der Waals surface area contributed by atoms with Crippen LogP contribution in [0.2, 0.25) is 0 Å². The second kappa shape index (κ2) is 7.22. The SMILES string of the molecule is O=C(Nc1cccc(F)c1)C1(C(=O)N2CCN(c3ccc(F)cc3)CC2)CC1. The number of halogens is 2. The third kappa shape index (κ3) is 3.56. The molecule has 1 heterocycles. The minimum Gasteiger partial charge on any atom is -0.368 e. The molecule has 0 spiro atoms. The Morgan fingerprint density at radius 3 is 2.18 bits per heavy atom. The number of benzene rings is 2. The number of anilines is 2. The molecule has 0 atom stereocenters. The van der Waals surface area contributed by atoms with Crippen molar-refractivity contribution in [3.63, 3.8) is 0 Å². The molecule has 1 saturated heterocycles. The van der Waals surface area contributed by atoms with Gasteiger partial charge in [0.2, 0.25) is 11.8 Å². The van der Waals surface area contributed by atoms with Gasteiger partial charge in [0.05, 0.1) is 0 Å². The first kappa shape index (κ1) is 18.4. The molecule has 146 valence electrons. The molecule has 1 aliphatic heterocycles. The van der Waals surface area contributed by atoms with E-state index in [4.69, 9.17) is 0 Å². The highest BCUT2D eigenvalue weighted by Crippen LogP contribution is 2.48. The zero-order valence-electron chi connectivity index (χ0n) is 15.3. The average molecular weight is 385 g/mol. The lowest BCUT2D eigenvalue weighted by Gasteiger charge is -2.37. The van der Waals surface area contributed by atoms with Crippen LogP contribution in [0.5, 0.6) is 0 Å². The third-order valence-electron chi connectivity index (χ3n) is 5.44. The summed E-state index contributed by atoms with van der Waals surface area (Å²) in [6.45, 7) is 2.26. The Hall–Kier alpha value is -2.96. The molecule has 7 heteroatoms. The molecular weight excluding hydrogens is 364 g/mol. The molecular formula is C21H21F2N3O2. The van der Waals surface area contributed by atoms with Gasteiger partial charge in [-0.05, 0) is 55.3 Å². The maximum Gasteiger partial charge on any atom is 0.240 e. The first-order valence-corrected chi connectivity index (χ1v) is 9.35. The molecule has 2 aromatic rings. The van der Waals surface area contributed by atoms with Gasteiger partial charge in [-0.2, -0.15) is 0 Å². The Morgan fingerprint density at radius 2 is 1.57 bits per heavy atom. The van der Waals surface area contributed by atoms with E-state index in [-0.39, 0.29) is 17.6 Å². The second-order valence-electron chi connectivity index (χ2n) is 7.30. The van der Waals surface area contributed by atoms with E-state index in [1.807, 2.05) is 0 Å². The van der Waals surface area contributed by atoms with Gasteiger partial charge in [0.1, 0.15) is 17.0 Å². The van der Waals surface area contributed by atoms with Crippen molar-refractivity contribution in [1.29, 1.82) is 0 Å². The fraction of sp³-hybridized carbons (Fsp3) is 0.333. The Bertz CT molecular complexity index is 889. The Kier molecular flexibility index (Phi) is 4.75. The van der Waals surface area contributed by atoms with Crippen molar-refractivity contribution in [3.8, 4) is 0 Å². The van der Waals surface area contributed by atoms with Crippen molar-refractivity contribution >= 4 is 23.2 Å². The Balaban J connectivity index is 1.38. The molecule has 0 radical (unpaired) electrons. The van der Waals surface area contributed by atoms with Crippen LogP contribution in [0.4, 0.5) is 20.2 Å². The molecule has 2 aromatic carbocycles. The predicted octanol–water partition coefficient (Wildman–Crippen LogP) is 3.03. The summed E-state index contributed by atoms with van der Waals surface area (Å²) in [5.41, 5.74) is 0.230. The molecule has 28 heavy (non-hydrogen) atoms. The van der Waals surface area contributed by atoms with Crippen LogP contribution in [-0.4, -0.2) is 42.9 Å². The lowest BCUT2D eigenvalue weighted by Crippen LogP contribution is -2.52. The van der Waals surface area contributed by atoms with Crippen LogP contribution >= 0.6 is 0 Å². The smallest absolute Gasteiger partial charge is 0.240 e. The van der Waals surface area contributed by atoms with E-state index in [2.05, 4.69) is 10.2 Å². The molecule has 1 aliphatic carbocycles. The van der Waals surface area contributed by atoms with Crippen LogP contribution in [0, 0.1) is 17.0 Å². The summed E-state index contributed by atoms with van der Waals surface area (Å²) >= 11 is 0. The van der Waals surface area contributed by atoms with Gasteiger partial charge in [-0.3, -0.25) is 9.59 Å². The number of nitrogens with one attached hydrogen (secondary N) is 1. The number of hydrogen-bond acceptors (Lipinski definition) is 3. The Labute approximate surface area is 161 Å². The zero-order valence-corrected chi connectivity index (χ0v) is 15.3. The summed E-state index contributed by atoms with van der Waals surface area (Å²) in [5.74, 6) is -1.26. The van der Waals surface area contributed by atoms with Crippen LogP contribution in [0.25, 0.3) is 0 Å². The first-order valence-electron chi connectivity index (χ1n) is 9.35. The lowest BCUT2D eigenvalue weighted by atomic mass is 10.0. The van der Waals surface area contributed by atoms with Crippen molar-refractivity contribution in [2.45, 2.75) is 12.8 Å². The topological polar surface area (TPSA) is 52.7 Å². The minimum atomic E-state index is -1.04. The molecule has 0 unspecified atom stereocenters. The number of hydrogen-bond donors (Lipinski definition) is 1. The van der Waals surface area contributed by atoms with E-state index < -0.39 is 11.2 Å². The van der Waals surface area contributed by atoms with E-state index in [1.54, 1.807) is 23.1 Å².